The Bertz CT molecular complexity index is 332. The molecule has 0 bridgehead atoms. The zero-order valence-corrected chi connectivity index (χ0v) is 13.3. The first-order valence-electron chi connectivity index (χ1n) is 8.92. The number of hydrogen-bond acceptors (Lipinski definition) is 3. The summed E-state index contributed by atoms with van der Waals surface area (Å²) in [5, 5.41) is 0. The van der Waals surface area contributed by atoms with Crippen molar-refractivity contribution < 1.29 is 9.53 Å². The van der Waals surface area contributed by atoms with Gasteiger partial charge in [0.2, 0.25) is 5.91 Å². The Morgan fingerprint density at radius 1 is 1.05 bits per heavy atom. The average molecular weight is 294 g/mol. The van der Waals surface area contributed by atoms with E-state index in [-0.39, 0.29) is 0 Å². The number of hydrogen-bond donors (Lipinski definition) is 0. The predicted octanol–water partition coefficient (Wildman–Crippen LogP) is 2.28. The molecule has 120 valence electrons. The molecule has 0 unspecified atom stereocenters. The van der Waals surface area contributed by atoms with E-state index in [2.05, 4.69) is 9.80 Å². The summed E-state index contributed by atoms with van der Waals surface area (Å²) in [5.74, 6) is 1.09. The average Bonchev–Trinajstić information content (AvgIpc) is 3.33. The van der Waals surface area contributed by atoms with Gasteiger partial charge in [-0.3, -0.25) is 4.79 Å². The van der Waals surface area contributed by atoms with Crippen LogP contribution in [0, 0.1) is 5.92 Å². The van der Waals surface area contributed by atoms with E-state index in [1.807, 2.05) is 0 Å². The molecule has 0 aromatic rings. The Hall–Kier alpha value is -0.610. The molecule has 2 saturated heterocycles. The molecule has 0 aromatic carbocycles. The molecule has 1 saturated carbocycles. The fraction of sp³-hybridized carbons (Fsp3) is 0.941. The molecule has 4 nitrogen and oxygen atoms in total. The van der Waals surface area contributed by atoms with Crippen molar-refractivity contribution in [2.45, 2.75) is 57.4 Å². The van der Waals surface area contributed by atoms with E-state index in [0.29, 0.717) is 17.9 Å². The monoisotopic (exact) mass is 294 g/mol. The van der Waals surface area contributed by atoms with Crippen molar-refractivity contribution in [2.75, 3.05) is 39.4 Å². The zero-order valence-electron chi connectivity index (χ0n) is 13.3. The van der Waals surface area contributed by atoms with Crippen molar-refractivity contribution in [3.8, 4) is 0 Å². The second kappa shape index (κ2) is 7.59. The summed E-state index contributed by atoms with van der Waals surface area (Å²) in [6, 6.07) is 0.426. The Kier molecular flexibility index (Phi) is 5.53. The molecule has 0 aromatic heterocycles. The molecule has 1 amide bonds. The van der Waals surface area contributed by atoms with Gasteiger partial charge in [0.05, 0.1) is 0 Å². The van der Waals surface area contributed by atoms with Crippen LogP contribution in [0.2, 0.25) is 0 Å². The maximum atomic E-state index is 12.6. The van der Waals surface area contributed by atoms with Gasteiger partial charge in [-0.1, -0.05) is 6.42 Å². The molecule has 1 aliphatic carbocycles. The molecule has 2 heterocycles. The third-order valence-electron chi connectivity index (χ3n) is 5.22. The minimum atomic E-state index is 0.404. The van der Waals surface area contributed by atoms with E-state index < -0.39 is 0 Å². The van der Waals surface area contributed by atoms with Gasteiger partial charge in [-0.15, -0.1) is 0 Å². The molecule has 0 N–H and O–H groups in total. The van der Waals surface area contributed by atoms with Crippen LogP contribution in [0.1, 0.15) is 51.4 Å². The molecular weight excluding hydrogens is 264 g/mol. The van der Waals surface area contributed by atoms with Crippen LogP contribution in [-0.2, 0) is 9.53 Å². The van der Waals surface area contributed by atoms with Crippen LogP contribution in [-0.4, -0.2) is 61.1 Å². The van der Waals surface area contributed by atoms with Crippen LogP contribution in [0.4, 0.5) is 0 Å². The molecule has 2 aliphatic heterocycles. The lowest BCUT2D eigenvalue weighted by Crippen LogP contribution is -2.47. The van der Waals surface area contributed by atoms with E-state index in [1.54, 1.807) is 0 Å². The Labute approximate surface area is 128 Å². The number of piperidine rings is 1. The predicted molar refractivity (Wildman–Crippen MR) is 83.2 cm³/mol. The van der Waals surface area contributed by atoms with Crippen molar-refractivity contribution in [3.05, 3.63) is 0 Å². The molecule has 21 heavy (non-hydrogen) atoms. The summed E-state index contributed by atoms with van der Waals surface area (Å²) in [4.78, 5) is 17.4. The normalized spacial score (nSPS) is 25.0. The lowest BCUT2D eigenvalue weighted by atomic mass is 10.1. The molecular formula is C17H30N2O2. The largest absolute Gasteiger partial charge is 0.381 e. The van der Waals surface area contributed by atoms with Gasteiger partial charge in [0.15, 0.2) is 0 Å². The molecule has 0 atom stereocenters. The lowest BCUT2D eigenvalue weighted by Gasteiger charge is -2.36. The molecule has 0 radical (unpaired) electrons. The second-order valence-corrected chi connectivity index (χ2v) is 6.98. The smallest absolute Gasteiger partial charge is 0.223 e. The van der Waals surface area contributed by atoms with Gasteiger partial charge in [0.1, 0.15) is 0 Å². The SMILES string of the molecule is O=C(CC1CC1)N(CCN1CCCCC1)C1CCOCC1. The van der Waals surface area contributed by atoms with Crippen LogP contribution >= 0.6 is 0 Å². The number of nitrogens with zero attached hydrogens (tertiary/aromatic N) is 2. The van der Waals surface area contributed by atoms with E-state index in [9.17, 15) is 4.79 Å². The number of carbonyl (C=O) groups is 1. The highest BCUT2D eigenvalue weighted by atomic mass is 16.5. The Morgan fingerprint density at radius 2 is 1.76 bits per heavy atom. The minimum Gasteiger partial charge on any atom is -0.381 e. The van der Waals surface area contributed by atoms with Crippen LogP contribution in [0.5, 0.6) is 0 Å². The molecule has 4 heteroatoms. The van der Waals surface area contributed by atoms with Crippen molar-refractivity contribution in [1.29, 1.82) is 0 Å². The van der Waals surface area contributed by atoms with Gasteiger partial charge in [0, 0.05) is 38.8 Å². The highest BCUT2D eigenvalue weighted by molar-refractivity contribution is 5.77. The standard InChI is InChI=1S/C17H30N2O2/c20-17(14-15-4-5-15)19(16-6-12-21-13-7-16)11-10-18-8-2-1-3-9-18/h15-16H,1-14H2. The van der Waals surface area contributed by atoms with E-state index in [0.717, 1.165) is 45.6 Å². The van der Waals surface area contributed by atoms with Crippen molar-refractivity contribution in [3.63, 3.8) is 0 Å². The zero-order chi connectivity index (χ0) is 14.5. The van der Waals surface area contributed by atoms with Crippen molar-refractivity contribution >= 4 is 5.91 Å². The highest BCUT2D eigenvalue weighted by Gasteiger charge is 2.31. The fourth-order valence-electron chi connectivity index (χ4n) is 3.63. The van der Waals surface area contributed by atoms with Gasteiger partial charge >= 0.3 is 0 Å². The summed E-state index contributed by atoms with van der Waals surface area (Å²) >= 11 is 0. The van der Waals surface area contributed by atoms with E-state index in [4.69, 9.17) is 4.74 Å². The topological polar surface area (TPSA) is 32.8 Å². The Morgan fingerprint density at radius 3 is 2.43 bits per heavy atom. The summed E-state index contributed by atoms with van der Waals surface area (Å²) in [6.45, 7) is 6.07. The minimum absolute atomic E-state index is 0.404. The quantitative estimate of drug-likeness (QED) is 0.753. The summed E-state index contributed by atoms with van der Waals surface area (Å²) < 4.78 is 5.47. The molecule has 3 aliphatic rings. The lowest BCUT2D eigenvalue weighted by molar-refractivity contribution is -0.136. The molecule has 3 fully saturated rings. The number of likely N-dealkylation sites (tertiary alicyclic amines) is 1. The van der Waals surface area contributed by atoms with Crippen molar-refractivity contribution in [2.24, 2.45) is 5.92 Å². The van der Waals surface area contributed by atoms with Gasteiger partial charge < -0.3 is 14.5 Å². The van der Waals surface area contributed by atoms with E-state index >= 15 is 0 Å². The molecule has 3 rings (SSSR count). The number of rotatable bonds is 6. The third kappa shape index (κ3) is 4.68. The van der Waals surface area contributed by atoms with Crippen molar-refractivity contribution in [1.82, 2.24) is 9.80 Å². The highest BCUT2D eigenvalue weighted by Crippen LogP contribution is 2.33. The maximum absolute atomic E-state index is 12.6. The first-order valence-corrected chi connectivity index (χ1v) is 8.92. The number of ether oxygens (including phenoxy) is 1. The van der Waals surface area contributed by atoms with Crippen LogP contribution in [0.3, 0.4) is 0 Å². The van der Waals surface area contributed by atoms with Crippen LogP contribution < -0.4 is 0 Å². The van der Waals surface area contributed by atoms with Gasteiger partial charge in [-0.25, -0.2) is 0 Å². The second-order valence-electron chi connectivity index (χ2n) is 6.98. The van der Waals surface area contributed by atoms with Crippen LogP contribution in [0.15, 0.2) is 0 Å². The summed E-state index contributed by atoms with van der Waals surface area (Å²) in [6.07, 6.45) is 9.39. The first-order chi connectivity index (χ1) is 10.3. The van der Waals surface area contributed by atoms with Crippen LogP contribution in [0.25, 0.3) is 0 Å². The Balaban J connectivity index is 1.52. The maximum Gasteiger partial charge on any atom is 0.223 e. The third-order valence-corrected chi connectivity index (χ3v) is 5.22. The first kappa shape index (κ1) is 15.3. The summed E-state index contributed by atoms with van der Waals surface area (Å²) in [5.41, 5.74) is 0. The number of carbonyl (C=O) groups excluding carboxylic acids is 1. The number of amides is 1. The van der Waals surface area contributed by atoms with Gasteiger partial charge in [0.25, 0.3) is 0 Å². The fourth-order valence-corrected chi connectivity index (χ4v) is 3.63. The van der Waals surface area contributed by atoms with Gasteiger partial charge in [-0.2, -0.15) is 0 Å². The van der Waals surface area contributed by atoms with Gasteiger partial charge in [-0.05, 0) is 57.5 Å². The van der Waals surface area contributed by atoms with E-state index in [1.165, 1.54) is 45.2 Å². The molecule has 0 spiro atoms. The summed E-state index contributed by atoms with van der Waals surface area (Å²) in [7, 11) is 0.